The van der Waals surface area contributed by atoms with Crippen LogP contribution in [0.4, 0.5) is 5.69 Å². The van der Waals surface area contributed by atoms with E-state index in [1.165, 1.54) is 0 Å². The van der Waals surface area contributed by atoms with Gasteiger partial charge in [0.05, 0.1) is 24.4 Å². The maximum Gasteiger partial charge on any atom is 0.256 e. The van der Waals surface area contributed by atoms with Crippen molar-refractivity contribution in [2.75, 3.05) is 19.4 Å². The SMILES string of the molecule is COc1cccc(C(=O)N2CCCC2c2ccc[nH]2)c1N. The van der Waals surface area contributed by atoms with E-state index < -0.39 is 0 Å². The van der Waals surface area contributed by atoms with Crippen molar-refractivity contribution in [3.63, 3.8) is 0 Å². The highest BCUT2D eigenvalue weighted by molar-refractivity contribution is 6.00. The molecular formula is C16H19N3O2. The summed E-state index contributed by atoms with van der Waals surface area (Å²) in [6.45, 7) is 0.749. The van der Waals surface area contributed by atoms with E-state index in [9.17, 15) is 4.79 Å². The number of nitrogens with zero attached hydrogens (tertiary/aromatic N) is 1. The average Bonchev–Trinajstić information content (AvgIpc) is 3.17. The average molecular weight is 285 g/mol. The number of nitrogens with two attached hydrogens (primary N) is 1. The van der Waals surface area contributed by atoms with E-state index in [1.807, 2.05) is 23.2 Å². The molecular weight excluding hydrogens is 266 g/mol. The number of nitrogen functional groups attached to an aromatic ring is 1. The van der Waals surface area contributed by atoms with E-state index in [-0.39, 0.29) is 11.9 Å². The Morgan fingerprint density at radius 2 is 2.24 bits per heavy atom. The smallest absolute Gasteiger partial charge is 0.256 e. The Labute approximate surface area is 123 Å². The summed E-state index contributed by atoms with van der Waals surface area (Å²) < 4.78 is 5.20. The van der Waals surface area contributed by atoms with E-state index in [0.29, 0.717) is 17.0 Å². The minimum absolute atomic E-state index is 0.0384. The molecule has 5 nitrogen and oxygen atoms in total. The highest BCUT2D eigenvalue weighted by atomic mass is 16.5. The van der Waals surface area contributed by atoms with E-state index in [0.717, 1.165) is 25.1 Å². The van der Waals surface area contributed by atoms with Gasteiger partial charge in [-0.1, -0.05) is 6.07 Å². The molecule has 0 radical (unpaired) electrons. The fraction of sp³-hybridized carbons (Fsp3) is 0.312. The molecule has 2 aromatic rings. The zero-order valence-electron chi connectivity index (χ0n) is 12.0. The summed E-state index contributed by atoms with van der Waals surface area (Å²) in [4.78, 5) is 17.9. The van der Waals surface area contributed by atoms with Crippen LogP contribution in [0.1, 0.15) is 34.9 Å². The number of nitrogens with one attached hydrogen (secondary N) is 1. The molecule has 3 N–H and O–H groups in total. The Bertz CT molecular complexity index is 637. The minimum atomic E-state index is -0.0384. The van der Waals surface area contributed by atoms with Gasteiger partial charge >= 0.3 is 0 Å². The molecule has 1 saturated heterocycles. The molecule has 0 bridgehead atoms. The number of rotatable bonds is 3. The molecule has 21 heavy (non-hydrogen) atoms. The lowest BCUT2D eigenvalue weighted by Crippen LogP contribution is -2.31. The van der Waals surface area contributed by atoms with Gasteiger partial charge in [-0.05, 0) is 37.1 Å². The van der Waals surface area contributed by atoms with Crippen LogP contribution < -0.4 is 10.5 Å². The number of carbonyl (C=O) groups is 1. The van der Waals surface area contributed by atoms with Crippen molar-refractivity contribution in [2.24, 2.45) is 0 Å². The molecule has 1 atom stereocenters. The van der Waals surface area contributed by atoms with Gasteiger partial charge in [0.25, 0.3) is 5.91 Å². The highest BCUT2D eigenvalue weighted by Crippen LogP contribution is 2.34. The van der Waals surface area contributed by atoms with Gasteiger partial charge in [0.15, 0.2) is 0 Å². The number of aromatic nitrogens is 1. The third-order valence-electron chi connectivity index (χ3n) is 4.01. The summed E-state index contributed by atoms with van der Waals surface area (Å²) >= 11 is 0. The number of amides is 1. The van der Waals surface area contributed by atoms with E-state index >= 15 is 0 Å². The zero-order valence-corrected chi connectivity index (χ0v) is 12.0. The third kappa shape index (κ3) is 2.35. The molecule has 1 aliphatic rings. The fourth-order valence-electron chi connectivity index (χ4n) is 2.95. The van der Waals surface area contributed by atoms with Crippen LogP contribution in [-0.4, -0.2) is 29.4 Å². The second kappa shape index (κ2) is 5.52. The van der Waals surface area contributed by atoms with Crippen LogP contribution in [0.15, 0.2) is 36.5 Å². The van der Waals surface area contributed by atoms with Crippen molar-refractivity contribution >= 4 is 11.6 Å². The predicted octanol–water partition coefficient (Wildman–Crippen LogP) is 2.58. The van der Waals surface area contributed by atoms with Crippen LogP contribution >= 0.6 is 0 Å². The second-order valence-corrected chi connectivity index (χ2v) is 5.20. The number of likely N-dealkylation sites (tertiary alicyclic amines) is 1. The predicted molar refractivity (Wildman–Crippen MR) is 81.2 cm³/mol. The van der Waals surface area contributed by atoms with Gasteiger partial charge in [-0.2, -0.15) is 0 Å². The molecule has 3 rings (SSSR count). The van der Waals surface area contributed by atoms with Gasteiger partial charge in [-0.25, -0.2) is 0 Å². The molecule has 110 valence electrons. The first-order valence-electron chi connectivity index (χ1n) is 7.09. The lowest BCUT2D eigenvalue weighted by Gasteiger charge is -2.25. The number of hydrogen-bond acceptors (Lipinski definition) is 3. The van der Waals surface area contributed by atoms with E-state index in [2.05, 4.69) is 4.98 Å². The van der Waals surface area contributed by atoms with Crippen LogP contribution in [0.25, 0.3) is 0 Å². The first kappa shape index (κ1) is 13.5. The first-order valence-corrected chi connectivity index (χ1v) is 7.09. The molecule has 1 amide bonds. The molecule has 1 unspecified atom stereocenters. The number of carbonyl (C=O) groups excluding carboxylic acids is 1. The van der Waals surface area contributed by atoms with Crippen molar-refractivity contribution in [1.82, 2.24) is 9.88 Å². The maximum atomic E-state index is 12.8. The first-order chi connectivity index (χ1) is 10.2. The fourth-order valence-corrected chi connectivity index (χ4v) is 2.95. The van der Waals surface area contributed by atoms with E-state index in [4.69, 9.17) is 10.5 Å². The van der Waals surface area contributed by atoms with Gasteiger partial charge in [-0.3, -0.25) is 4.79 Å². The van der Waals surface area contributed by atoms with Crippen LogP contribution in [0.3, 0.4) is 0 Å². The maximum absolute atomic E-state index is 12.8. The molecule has 0 spiro atoms. The summed E-state index contributed by atoms with van der Waals surface area (Å²) in [5.74, 6) is 0.500. The second-order valence-electron chi connectivity index (χ2n) is 5.20. The zero-order chi connectivity index (χ0) is 14.8. The molecule has 2 heterocycles. The van der Waals surface area contributed by atoms with Crippen LogP contribution in [0, 0.1) is 0 Å². The number of H-pyrrole nitrogens is 1. The van der Waals surface area contributed by atoms with Crippen molar-refractivity contribution in [1.29, 1.82) is 0 Å². The topological polar surface area (TPSA) is 71.3 Å². The summed E-state index contributed by atoms with van der Waals surface area (Å²) in [7, 11) is 1.55. The van der Waals surface area contributed by atoms with Crippen molar-refractivity contribution in [3.05, 3.63) is 47.8 Å². The molecule has 0 saturated carbocycles. The van der Waals surface area contributed by atoms with Gasteiger partial charge in [0, 0.05) is 18.4 Å². The number of hydrogen-bond donors (Lipinski definition) is 2. The number of ether oxygens (including phenoxy) is 1. The summed E-state index contributed by atoms with van der Waals surface area (Å²) in [5.41, 5.74) is 8.03. The molecule has 1 fully saturated rings. The quantitative estimate of drug-likeness (QED) is 0.851. The lowest BCUT2D eigenvalue weighted by atomic mass is 10.1. The Morgan fingerprint density at radius 1 is 1.38 bits per heavy atom. The number of aromatic amines is 1. The van der Waals surface area contributed by atoms with Gasteiger partial charge in [-0.15, -0.1) is 0 Å². The van der Waals surface area contributed by atoms with E-state index in [1.54, 1.807) is 25.3 Å². The Hall–Kier alpha value is -2.43. The van der Waals surface area contributed by atoms with Crippen LogP contribution in [-0.2, 0) is 0 Å². The summed E-state index contributed by atoms with van der Waals surface area (Å²) in [5, 5.41) is 0. The monoisotopic (exact) mass is 285 g/mol. The molecule has 1 aromatic carbocycles. The highest BCUT2D eigenvalue weighted by Gasteiger charge is 2.32. The Kier molecular flexibility index (Phi) is 3.56. The minimum Gasteiger partial charge on any atom is -0.495 e. The van der Waals surface area contributed by atoms with Crippen molar-refractivity contribution < 1.29 is 9.53 Å². The third-order valence-corrected chi connectivity index (χ3v) is 4.01. The Morgan fingerprint density at radius 3 is 2.95 bits per heavy atom. The van der Waals surface area contributed by atoms with Gasteiger partial charge in [0.1, 0.15) is 5.75 Å². The molecule has 1 aliphatic heterocycles. The van der Waals surface area contributed by atoms with Gasteiger partial charge in [0.2, 0.25) is 0 Å². The largest absolute Gasteiger partial charge is 0.495 e. The lowest BCUT2D eigenvalue weighted by molar-refractivity contribution is 0.0734. The summed E-state index contributed by atoms with van der Waals surface area (Å²) in [6.07, 6.45) is 3.85. The number of para-hydroxylation sites is 1. The molecule has 5 heteroatoms. The number of benzene rings is 1. The van der Waals surface area contributed by atoms with Gasteiger partial charge < -0.3 is 20.4 Å². The molecule has 1 aromatic heterocycles. The van der Waals surface area contributed by atoms with Crippen molar-refractivity contribution in [3.8, 4) is 5.75 Å². The molecule has 0 aliphatic carbocycles. The summed E-state index contributed by atoms with van der Waals surface area (Å²) in [6, 6.07) is 9.38. The van der Waals surface area contributed by atoms with Crippen LogP contribution in [0.5, 0.6) is 5.75 Å². The standard InChI is InChI=1S/C16H19N3O2/c1-21-14-8-2-5-11(15(14)17)16(20)19-10-4-7-13(19)12-6-3-9-18-12/h2-3,5-6,8-9,13,18H,4,7,10,17H2,1H3. The number of anilines is 1. The normalized spacial score (nSPS) is 18.0. The Balaban J connectivity index is 1.91. The van der Waals surface area contributed by atoms with Crippen LogP contribution in [0.2, 0.25) is 0 Å². The van der Waals surface area contributed by atoms with Crippen molar-refractivity contribution in [2.45, 2.75) is 18.9 Å². The number of methoxy groups -OCH3 is 1.